The number of thiazole rings is 1. The van der Waals surface area contributed by atoms with E-state index < -0.39 is 11.4 Å². The number of carbonyl (C=O) groups excluding carboxylic acids is 2. The van der Waals surface area contributed by atoms with Gasteiger partial charge in [-0.1, -0.05) is 0 Å². The summed E-state index contributed by atoms with van der Waals surface area (Å²) in [6.45, 7) is 2.59. The van der Waals surface area contributed by atoms with Crippen LogP contribution in [0.2, 0.25) is 0 Å². The number of hydrogen-bond acceptors (Lipinski definition) is 5. The highest BCUT2D eigenvalue weighted by atomic mass is 32.1. The van der Waals surface area contributed by atoms with E-state index in [0.717, 1.165) is 11.3 Å². The monoisotopic (exact) mass is 297 g/mol. The van der Waals surface area contributed by atoms with Gasteiger partial charge in [0.05, 0.1) is 5.41 Å². The van der Waals surface area contributed by atoms with Crippen LogP contribution in [0.3, 0.4) is 0 Å². The molecule has 1 aromatic rings. The average molecular weight is 297 g/mol. The van der Waals surface area contributed by atoms with Crippen LogP contribution in [-0.4, -0.2) is 52.9 Å². The molecule has 1 aliphatic rings. The fourth-order valence-corrected chi connectivity index (χ4v) is 2.98. The number of nitrogens with one attached hydrogen (secondary N) is 1. The Hall–Kier alpha value is -1.96. The van der Waals surface area contributed by atoms with Crippen molar-refractivity contribution in [3.05, 3.63) is 16.1 Å². The number of aromatic carboxylic acids is 1. The first kappa shape index (κ1) is 14.4. The molecule has 1 fully saturated rings. The standard InChI is InChI=1S/C12H15N3O4S/c1-12(11(19)13-2)3-4-15(6-12)9(16)8-14-7(5-20-8)10(17)18/h5H,3-4,6H2,1-2H3,(H,13,19)(H,17,18). The number of rotatable bonds is 3. The predicted octanol–water partition coefficient (Wildman–Crippen LogP) is 0.439. The molecule has 0 aromatic carbocycles. The van der Waals surface area contributed by atoms with Crippen molar-refractivity contribution in [3.63, 3.8) is 0 Å². The number of hydrogen-bond donors (Lipinski definition) is 2. The summed E-state index contributed by atoms with van der Waals surface area (Å²) in [4.78, 5) is 40.1. The van der Waals surface area contributed by atoms with Gasteiger partial charge < -0.3 is 15.3 Å². The molecule has 0 saturated carbocycles. The topological polar surface area (TPSA) is 99.6 Å². The lowest BCUT2D eigenvalue weighted by molar-refractivity contribution is -0.128. The molecule has 0 radical (unpaired) electrons. The van der Waals surface area contributed by atoms with Gasteiger partial charge in [0.2, 0.25) is 5.91 Å². The number of nitrogens with zero attached hydrogens (tertiary/aromatic N) is 2. The zero-order valence-electron chi connectivity index (χ0n) is 11.2. The second-order valence-corrected chi connectivity index (χ2v) is 5.82. The smallest absolute Gasteiger partial charge is 0.355 e. The summed E-state index contributed by atoms with van der Waals surface area (Å²) in [6.07, 6.45) is 0.579. The van der Waals surface area contributed by atoms with Gasteiger partial charge in [0, 0.05) is 25.5 Å². The largest absolute Gasteiger partial charge is 0.476 e. The summed E-state index contributed by atoms with van der Waals surface area (Å²) in [5.74, 6) is -1.58. The first-order chi connectivity index (χ1) is 9.37. The normalized spacial score (nSPS) is 21.8. The second-order valence-electron chi connectivity index (χ2n) is 4.96. The van der Waals surface area contributed by atoms with E-state index in [1.54, 1.807) is 11.9 Å². The molecule has 8 heteroatoms. The molecule has 2 amide bonds. The Labute approximate surface area is 119 Å². The van der Waals surface area contributed by atoms with Gasteiger partial charge in [-0.15, -0.1) is 11.3 Å². The highest BCUT2D eigenvalue weighted by Gasteiger charge is 2.42. The summed E-state index contributed by atoms with van der Waals surface area (Å²) >= 11 is 1.00. The Morgan fingerprint density at radius 2 is 2.20 bits per heavy atom. The third-order valence-electron chi connectivity index (χ3n) is 3.44. The van der Waals surface area contributed by atoms with Crippen LogP contribution in [-0.2, 0) is 4.79 Å². The van der Waals surface area contributed by atoms with Crippen LogP contribution in [0.1, 0.15) is 33.6 Å². The number of amides is 2. The van der Waals surface area contributed by atoms with E-state index in [1.165, 1.54) is 5.38 Å². The molecular weight excluding hydrogens is 282 g/mol. The SMILES string of the molecule is CNC(=O)C1(C)CCN(C(=O)c2nc(C(=O)O)cs2)C1. The van der Waals surface area contributed by atoms with Gasteiger partial charge >= 0.3 is 5.97 Å². The molecule has 20 heavy (non-hydrogen) atoms. The highest BCUT2D eigenvalue weighted by molar-refractivity contribution is 7.11. The van der Waals surface area contributed by atoms with Gasteiger partial charge in [0.25, 0.3) is 5.91 Å². The maximum absolute atomic E-state index is 12.2. The Balaban J connectivity index is 2.11. The Morgan fingerprint density at radius 3 is 2.75 bits per heavy atom. The van der Waals surface area contributed by atoms with E-state index in [0.29, 0.717) is 19.5 Å². The summed E-state index contributed by atoms with van der Waals surface area (Å²) < 4.78 is 0. The van der Waals surface area contributed by atoms with Gasteiger partial charge in [0.1, 0.15) is 0 Å². The van der Waals surface area contributed by atoms with Crippen molar-refractivity contribution < 1.29 is 19.5 Å². The molecule has 108 valence electrons. The fourth-order valence-electron chi connectivity index (χ4n) is 2.23. The van der Waals surface area contributed by atoms with Crippen LogP contribution in [0, 0.1) is 5.41 Å². The number of likely N-dealkylation sites (tertiary alicyclic amines) is 1. The van der Waals surface area contributed by atoms with Crippen LogP contribution >= 0.6 is 11.3 Å². The lowest BCUT2D eigenvalue weighted by Crippen LogP contribution is -2.40. The number of carbonyl (C=O) groups is 3. The summed E-state index contributed by atoms with van der Waals surface area (Å²) in [5.41, 5.74) is -0.733. The molecule has 0 bridgehead atoms. The minimum absolute atomic E-state index is 0.0989. The number of aromatic nitrogens is 1. The van der Waals surface area contributed by atoms with Crippen LogP contribution in [0.4, 0.5) is 0 Å². The lowest BCUT2D eigenvalue weighted by atomic mass is 9.89. The summed E-state index contributed by atoms with van der Waals surface area (Å²) in [5, 5.41) is 12.9. The minimum atomic E-state index is -1.16. The van der Waals surface area contributed by atoms with Crippen LogP contribution in [0.15, 0.2) is 5.38 Å². The minimum Gasteiger partial charge on any atom is -0.476 e. The van der Waals surface area contributed by atoms with Crippen molar-refractivity contribution in [2.24, 2.45) is 5.41 Å². The first-order valence-corrected chi connectivity index (χ1v) is 6.95. The van der Waals surface area contributed by atoms with Crippen molar-refractivity contribution >= 4 is 29.1 Å². The maximum Gasteiger partial charge on any atom is 0.355 e. The van der Waals surface area contributed by atoms with E-state index in [2.05, 4.69) is 10.3 Å². The average Bonchev–Trinajstić information content (AvgIpc) is 3.04. The zero-order valence-corrected chi connectivity index (χ0v) is 12.0. The third kappa shape index (κ3) is 2.51. The van der Waals surface area contributed by atoms with Crippen LogP contribution < -0.4 is 5.32 Å². The van der Waals surface area contributed by atoms with E-state index in [-0.39, 0.29) is 22.5 Å². The van der Waals surface area contributed by atoms with Crippen LogP contribution in [0.5, 0.6) is 0 Å². The molecule has 1 aliphatic heterocycles. The molecule has 0 spiro atoms. The molecule has 7 nitrogen and oxygen atoms in total. The lowest BCUT2D eigenvalue weighted by Gasteiger charge is -2.22. The molecule has 1 aromatic heterocycles. The van der Waals surface area contributed by atoms with E-state index in [4.69, 9.17) is 5.11 Å². The highest BCUT2D eigenvalue weighted by Crippen LogP contribution is 2.31. The predicted molar refractivity (Wildman–Crippen MR) is 71.8 cm³/mol. The van der Waals surface area contributed by atoms with Crippen molar-refractivity contribution in [2.45, 2.75) is 13.3 Å². The summed E-state index contributed by atoms with van der Waals surface area (Å²) in [6, 6.07) is 0. The Morgan fingerprint density at radius 1 is 1.50 bits per heavy atom. The number of carboxylic acids is 1. The van der Waals surface area contributed by atoms with Crippen molar-refractivity contribution in [1.29, 1.82) is 0 Å². The van der Waals surface area contributed by atoms with Crippen LogP contribution in [0.25, 0.3) is 0 Å². The molecule has 2 N–H and O–H groups in total. The van der Waals surface area contributed by atoms with E-state index in [1.807, 2.05) is 6.92 Å². The second kappa shape index (κ2) is 5.20. The summed E-state index contributed by atoms with van der Waals surface area (Å²) in [7, 11) is 1.57. The van der Waals surface area contributed by atoms with Crippen molar-refractivity contribution in [1.82, 2.24) is 15.2 Å². The Kier molecular flexibility index (Phi) is 3.76. The van der Waals surface area contributed by atoms with Crippen molar-refractivity contribution in [3.8, 4) is 0 Å². The quantitative estimate of drug-likeness (QED) is 0.843. The van der Waals surface area contributed by atoms with Gasteiger partial charge in [-0.2, -0.15) is 0 Å². The van der Waals surface area contributed by atoms with Gasteiger partial charge in [-0.3, -0.25) is 9.59 Å². The molecule has 2 rings (SSSR count). The van der Waals surface area contributed by atoms with E-state index >= 15 is 0 Å². The first-order valence-electron chi connectivity index (χ1n) is 6.07. The molecule has 1 unspecified atom stereocenters. The van der Waals surface area contributed by atoms with Gasteiger partial charge in [0.15, 0.2) is 10.7 Å². The molecule has 0 aliphatic carbocycles. The van der Waals surface area contributed by atoms with Gasteiger partial charge in [-0.25, -0.2) is 9.78 Å². The molecular formula is C12H15N3O4S. The van der Waals surface area contributed by atoms with Gasteiger partial charge in [-0.05, 0) is 13.3 Å². The zero-order chi connectivity index (χ0) is 14.9. The number of carboxylic acid groups (broad SMARTS) is 1. The fraction of sp³-hybridized carbons (Fsp3) is 0.500. The van der Waals surface area contributed by atoms with E-state index in [9.17, 15) is 14.4 Å². The molecule has 1 saturated heterocycles. The Bertz CT molecular complexity index is 571. The third-order valence-corrected chi connectivity index (χ3v) is 4.27. The van der Waals surface area contributed by atoms with Crippen molar-refractivity contribution in [2.75, 3.05) is 20.1 Å². The molecule has 2 heterocycles. The maximum atomic E-state index is 12.2. The molecule has 1 atom stereocenters.